The number of rotatable bonds is 5. The Balaban J connectivity index is 1.62. The molecule has 0 N–H and O–H groups in total. The molecule has 2 aliphatic rings. The molecule has 22 heavy (non-hydrogen) atoms. The molecule has 1 aromatic carbocycles. The highest BCUT2D eigenvalue weighted by Gasteiger charge is 2.43. The minimum Gasteiger partial charge on any atom is -0.497 e. The Labute approximate surface area is 132 Å². The van der Waals surface area contributed by atoms with Gasteiger partial charge in [-0.25, -0.2) is 0 Å². The number of methoxy groups -OCH3 is 1. The van der Waals surface area contributed by atoms with Crippen LogP contribution >= 0.6 is 0 Å². The highest BCUT2D eigenvalue weighted by atomic mass is 16.5. The molecule has 0 aromatic heterocycles. The average Bonchev–Trinajstić information content (AvgIpc) is 3.11. The van der Waals surface area contributed by atoms with E-state index in [4.69, 9.17) is 4.74 Å². The van der Waals surface area contributed by atoms with Gasteiger partial charge in [0.15, 0.2) is 0 Å². The van der Waals surface area contributed by atoms with Gasteiger partial charge < -0.3 is 9.64 Å². The summed E-state index contributed by atoms with van der Waals surface area (Å²) >= 11 is 0. The molecular formula is C18H24N2O2. The van der Waals surface area contributed by atoms with Crippen LogP contribution in [0, 0.1) is 0 Å². The largest absolute Gasteiger partial charge is 0.497 e. The van der Waals surface area contributed by atoms with Crippen LogP contribution in [0.25, 0.3) is 0 Å². The van der Waals surface area contributed by atoms with Crippen LogP contribution in [0.3, 0.4) is 0 Å². The fourth-order valence-corrected chi connectivity index (χ4v) is 3.80. The van der Waals surface area contributed by atoms with E-state index in [0.717, 1.165) is 43.8 Å². The molecule has 0 bridgehead atoms. The molecule has 2 atom stereocenters. The number of likely N-dealkylation sites (tertiary alicyclic amines) is 2. The van der Waals surface area contributed by atoms with Crippen molar-refractivity contribution >= 4 is 5.91 Å². The lowest BCUT2D eigenvalue weighted by Gasteiger charge is -2.25. The molecule has 118 valence electrons. The second-order valence-electron chi connectivity index (χ2n) is 6.11. The third-order valence-corrected chi connectivity index (χ3v) is 4.89. The standard InChI is InChI=1S/C18H24N2O2/c1-3-10-19-11-8-17-16(19)9-12-20(17)18(21)13-14-4-6-15(22-2)7-5-14/h3-7,16-17H,1,8-13H2,2H3/t16-,17+/m0/s1. The number of hydrogen-bond donors (Lipinski definition) is 0. The van der Waals surface area contributed by atoms with Crippen LogP contribution in [0.5, 0.6) is 5.75 Å². The van der Waals surface area contributed by atoms with Crippen molar-refractivity contribution in [3.63, 3.8) is 0 Å². The zero-order chi connectivity index (χ0) is 15.5. The maximum absolute atomic E-state index is 12.6. The number of ether oxygens (including phenoxy) is 1. The first-order chi connectivity index (χ1) is 10.7. The first-order valence-corrected chi connectivity index (χ1v) is 8.00. The van der Waals surface area contributed by atoms with Crippen LogP contribution in [-0.2, 0) is 11.2 Å². The fraction of sp³-hybridized carbons (Fsp3) is 0.500. The number of nitrogens with zero attached hydrogens (tertiary/aromatic N) is 2. The molecule has 3 rings (SSSR count). The van der Waals surface area contributed by atoms with Crippen LogP contribution in [0.15, 0.2) is 36.9 Å². The average molecular weight is 300 g/mol. The van der Waals surface area contributed by atoms with Crippen molar-refractivity contribution < 1.29 is 9.53 Å². The molecule has 2 saturated heterocycles. The zero-order valence-electron chi connectivity index (χ0n) is 13.2. The molecular weight excluding hydrogens is 276 g/mol. The lowest BCUT2D eigenvalue weighted by molar-refractivity contribution is -0.131. The summed E-state index contributed by atoms with van der Waals surface area (Å²) in [4.78, 5) is 17.2. The molecule has 2 heterocycles. The van der Waals surface area contributed by atoms with Gasteiger partial charge in [-0.2, -0.15) is 0 Å². The Morgan fingerprint density at radius 1 is 1.27 bits per heavy atom. The summed E-state index contributed by atoms with van der Waals surface area (Å²) in [7, 11) is 1.65. The number of carbonyl (C=O) groups excluding carboxylic acids is 1. The highest BCUT2D eigenvalue weighted by molar-refractivity contribution is 5.79. The van der Waals surface area contributed by atoms with Crippen molar-refractivity contribution in [3.8, 4) is 5.75 Å². The Kier molecular flexibility index (Phi) is 4.48. The van der Waals surface area contributed by atoms with E-state index in [0.29, 0.717) is 18.5 Å². The third-order valence-electron chi connectivity index (χ3n) is 4.89. The van der Waals surface area contributed by atoms with Gasteiger partial charge >= 0.3 is 0 Å². The Morgan fingerprint density at radius 2 is 2.00 bits per heavy atom. The van der Waals surface area contributed by atoms with Crippen molar-refractivity contribution in [1.29, 1.82) is 0 Å². The first-order valence-electron chi connectivity index (χ1n) is 8.00. The molecule has 2 fully saturated rings. The minimum atomic E-state index is 0.248. The maximum Gasteiger partial charge on any atom is 0.227 e. The number of hydrogen-bond acceptors (Lipinski definition) is 3. The van der Waals surface area contributed by atoms with Crippen LogP contribution in [0.4, 0.5) is 0 Å². The van der Waals surface area contributed by atoms with Gasteiger partial charge in [-0.1, -0.05) is 18.2 Å². The van der Waals surface area contributed by atoms with E-state index >= 15 is 0 Å². The summed E-state index contributed by atoms with van der Waals surface area (Å²) in [6.07, 6.45) is 4.62. The van der Waals surface area contributed by atoms with Gasteiger partial charge in [0.2, 0.25) is 5.91 Å². The summed E-state index contributed by atoms with van der Waals surface area (Å²) in [5, 5.41) is 0. The number of benzene rings is 1. The second kappa shape index (κ2) is 6.53. The summed E-state index contributed by atoms with van der Waals surface area (Å²) in [5.41, 5.74) is 1.05. The van der Waals surface area contributed by atoms with Gasteiger partial charge in [-0.15, -0.1) is 6.58 Å². The SMILES string of the molecule is C=CCN1CC[C@@H]2[C@@H]1CCN2C(=O)Cc1ccc(OC)cc1. The molecule has 0 radical (unpaired) electrons. The molecule has 2 aliphatic heterocycles. The van der Waals surface area contributed by atoms with E-state index in [9.17, 15) is 4.79 Å². The molecule has 1 amide bonds. The van der Waals surface area contributed by atoms with Gasteiger partial charge in [0.05, 0.1) is 13.5 Å². The Morgan fingerprint density at radius 3 is 2.68 bits per heavy atom. The van der Waals surface area contributed by atoms with Crippen molar-refractivity contribution in [3.05, 3.63) is 42.5 Å². The molecule has 0 aliphatic carbocycles. The third kappa shape index (κ3) is 2.88. The van der Waals surface area contributed by atoms with E-state index in [2.05, 4.69) is 16.4 Å². The fourth-order valence-electron chi connectivity index (χ4n) is 3.80. The van der Waals surface area contributed by atoms with Crippen LogP contribution in [0.1, 0.15) is 18.4 Å². The summed E-state index contributed by atoms with van der Waals surface area (Å²) in [6, 6.07) is 8.70. The summed E-state index contributed by atoms with van der Waals surface area (Å²) in [6.45, 7) is 6.73. The molecule has 4 heteroatoms. The van der Waals surface area contributed by atoms with E-state index in [1.165, 1.54) is 0 Å². The van der Waals surface area contributed by atoms with E-state index < -0.39 is 0 Å². The number of amides is 1. The highest BCUT2D eigenvalue weighted by Crippen LogP contribution is 2.31. The molecule has 0 saturated carbocycles. The van der Waals surface area contributed by atoms with Crippen molar-refractivity contribution in [2.45, 2.75) is 31.3 Å². The number of fused-ring (bicyclic) bond motifs is 1. The number of carbonyl (C=O) groups is 1. The molecule has 0 unspecified atom stereocenters. The normalized spacial score (nSPS) is 24.3. The molecule has 1 aromatic rings. The lowest BCUT2D eigenvalue weighted by Crippen LogP contribution is -2.40. The van der Waals surface area contributed by atoms with Gasteiger partial charge in [-0.3, -0.25) is 9.69 Å². The smallest absolute Gasteiger partial charge is 0.227 e. The van der Waals surface area contributed by atoms with Crippen molar-refractivity contribution in [2.75, 3.05) is 26.7 Å². The second-order valence-corrected chi connectivity index (χ2v) is 6.11. The zero-order valence-corrected chi connectivity index (χ0v) is 13.2. The Bertz CT molecular complexity index is 541. The topological polar surface area (TPSA) is 32.8 Å². The predicted molar refractivity (Wildman–Crippen MR) is 87.0 cm³/mol. The van der Waals surface area contributed by atoms with Crippen molar-refractivity contribution in [2.24, 2.45) is 0 Å². The minimum absolute atomic E-state index is 0.248. The van der Waals surface area contributed by atoms with Crippen LogP contribution in [-0.4, -0.2) is 54.5 Å². The monoisotopic (exact) mass is 300 g/mol. The van der Waals surface area contributed by atoms with E-state index in [1.807, 2.05) is 30.3 Å². The maximum atomic E-state index is 12.6. The van der Waals surface area contributed by atoms with Crippen molar-refractivity contribution in [1.82, 2.24) is 9.80 Å². The first kappa shape index (κ1) is 15.1. The van der Waals surface area contributed by atoms with Gasteiger partial charge in [0.25, 0.3) is 0 Å². The molecule has 0 spiro atoms. The van der Waals surface area contributed by atoms with E-state index in [1.54, 1.807) is 7.11 Å². The lowest BCUT2D eigenvalue weighted by atomic mass is 10.1. The quantitative estimate of drug-likeness (QED) is 0.781. The van der Waals surface area contributed by atoms with E-state index in [-0.39, 0.29) is 5.91 Å². The van der Waals surface area contributed by atoms with Crippen LogP contribution in [0.2, 0.25) is 0 Å². The summed E-state index contributed by atoms with van der Waals surface area (Å²) in [5.74, 6) is 1.08. The predicted octanol–water partition coefficient (Wildman–Crippen LogP) is 2.10. The summed E-state index contributed by atoms with van der Waals surface area (Å²) < 4.78 is 5.16. The van der Waals surface area contributed by atoms with Gasteiger partial charge in [-0.05, 0) is 30.5 Å². The van der Waals surface area contributed by atoms with Gasteiger partial charge in [0.1, 0.15) is 5.75 Å². The van der Waals surface area contributed by atoms with Crippen LogP contribution < -0.4 is 4.74 Å². The van der Waals surface area contributed by atoms with Gasteiger partial charge in [0, 0.05) is 31.7 Å². The molecule has 4 nitrogen and oxygen atoms in total. The Hall–Kier alpha value is -1.81.